The SMILES string of the molecule is O=C=NCCC[SiH2]c1cccc(OCC(F)(F)F)c1OCC(F)(F)F. The average Bonchev–Trinajstić information content (AvgIpc) is 2.50. The van der Waals surface area contributed by atoms with E-state index in [9.17, 15) is 31.1 Å². The number of halogens is 6. The summed E-state index contributed by atoms with van der Waals surface area (Å²) in [4.78, 5) is 13.3. The molecule has 0 spiro atoms. The Bertz CT molecular complexity index is 599. The first-order valence-electron chi connectivity index (χ1n) is 7.17. The van der Waals surface area contributed by atoms with Gasteiger partial charge in [-0.2, -0.15) is 26.3 Å². The highest BCUT2D eigenvalue weighted by atomic mass is 28.2. The molecule has 0 atom stereocenters. The third kappa shape index (κ3) is 9.15. The largest absolute Gasteiger partial charge is 0.480 e. The van der Waals surface area contributed by atoms with E-state index in [2.05, 4.69) is 9.73 Å². The lowest BCUT2D eigenvalue weighted by Crippen LogP contribution is -2.26. The van der Waals surface area contributed by atoms with Crippen LogP contribution < -0.4 is 14.7 Å². The third-order valence-corrected chi connectivity index (χ3v) is 4.81. The molecule has 0 aromatic heterocycles. The second-order valence-electron chi connectivity index (χ2n) is 4.98. The minimum atomic E-state index is -4.63. The van der Waals surface area contributed by atoms with Crippen molar-refractivity contribution in [3.63, 3.8) is 0 Å². The summed E-state index contributed by atoms with van der Waals surface area (Å²) in [5, 5.41) is 0.416. The van der Waals surface area contributed by atoms with Gasteiger partial charge >= 0.3 is 12.4 Å². The Morgan fingerprint density at radius 3 is 2.28 bits per heavy atom. The number of nitrogens with zero attached hydrogens (tertiary/aromatic N) is 1. The molecule has 0 aliphatic rings. The first kappa shape index (κ1) is 21.0. The fourth-order valence-electron chi connectivity index (χ4n) is 1.90. The van der Waals surface area contributed by atoms with E-state index in [0.717, 1.165) is 6.07 Å². The molecular formula is C14H15F6NO3Si. The molecule has 0 saturated carbocycles. The van der Waals surface area contributed by atoms with Gasteiger partial charge in [0.2, 0.25) is 6.08 Å². The molecular weight excluding hydrogens is 372 g/mol. The maximum atomic E-state index is 12.4. The van der Waals surface area contributed by atoms with Crippen molar-refractivity contribution in [3.8, 4) is 11.5 Å². The molecule has 0 heterocycles. The lowest BCUT2D eigenvalue weighted by molar-refractivity contribution is -0.158. The highest BCUT2D eigenvalue weighted by Gasteiger charge is 2.31. The molecule has 25 heavy (non-hydrogen) atoms. The van der Waals surface area contributed by atoms with Gasteiger partial charge in [0.05, 0.1) is 16.1 Å². The van der Waals surface area contributed by atoms with Crippen LogP contribution in [0.4, 0.5) is 26.3 Å². The summed E-state index contributed by atoms with van der Waals surface area (Å²) in [5.74, 6) is -0.688. The number of carbonyl (C=O) groups excluding carboxylic acids is 1. The molecule has 4 nitrogen and oxygen atoms in total. The zero-order valence-electron chi connectivity index (χ0n) is 12.9. The van der Waals surface area contributed by atoms with Crippen LogP contribution in [0.2, 0.25) is 6.04 Å². The van der Waals surface area contributed by atoms with Gasteiger partial charge in [0.1, 0.15) is 0 Å². The van der Waals surface area contributed by atoms with Crippen molar-refractivity contribution in [2.45, 2.75) is 24.8 Å². The lowest BCUT2D eigenvalue weighted by atomic mass is 10.3. The Hall–Kier alpha value is -2.00. The molecule has 0 saturated heterocycles. The van der Waals surface area contributed by atoms with Gasteiger partial charge in [-0.15, -0.1) is 0 Å². The predicted molar refractivity (Wildman–Crippen MR) is 80.1 cm³/mol. The lowest BCUT2D eigenvalue weighted by Gasteiger charge is -2.18. The molecule has 0 fully saturated rings. The van der Waals surface area contributed by atoms with Crippen molar-refractivity contribution < 1.29 is 40.6 Å². The van der Waals surface area contributed by atoms with Crippen molar-refractivity contribution in [2.75, 3.05) is 19.8 Å². The number of hydrogen-bond donors (Lipinski definition) is 0. The van der Waals surface area contributed by atoms with Crippen LogP contribution in [0, 0.1) is 0 Å². The minimum absolute atomic E-state index is 0.236. The second kappa shape index (κ2) is 9.47. The second-order valence-corrected chi connectivity index (χ2v) is 6.95. The molecule has 11 heteroatoms. The summed E-state index contributed by atoms with van der Waals surface area (Å²) >= 11 is 0. The number of para-hydroxylation sites is 1. The normalized spacial score (nSPS) is 12.2. The Kier molecular flexibility index (Phi) is 7.97. The Morgan fingerprint density at radius 2 is 1.68 bits per heavy atom. The van der Waals surface area contributed by atoms with Crippen molar-refractivity contribution in [1.29, 1.82) is 0 Å². The Morgan fingerprint density at radius 1 is 1.04 bits per heavy atom. The number of isocyanates is 1. The first-order chi connectivity index (χ1) is 11.6. The monoisotopic (exact) mass is 387 g/mol. The molecule has 0 aliphatic carbocycles. The topological polar surface area (TPSA) is 47.9 Å². The summed E-state index contributed by atoms with van der Waals surface area (Å²) in [6, 6.07) is 4.61. The van der Waals surface area contributed by atoms with Crippen LogP contribution in [0.5, 0.6) is 11.5 Å². The van der Waals surface area contributed by atoms with Gasteiger partial charge in [-0.3, -0.25) is 0 Å². The van der Waals surface area contributed by atoms with Crippen LogP contribution in [-0.2, 0) is 4.79 Å². The van der Waals surface area contributed by atoms with E-state index in [4.69, 9.17) is 4.74 Å². The molecule has 1 aromatic carbocycles. The van der Waals surface area contributed by atoms with E-state index < -0.39 is 35.1 Å². The van der Waals surface area contributed by atoms with E-state index in [1.165, 1.54) is 18.2 Å². The van der Waals surface area contributed by atoms with Crippen molar-refractivity contribution in [2.24, 2.45) is 4.99 Å². The van der Waals surface area contributed by atoms with Crippen LogP contribution in [0.25, 0.3) is 0 Å². The van der Waals surface area contributed by atoms with Gasteiger partial charge in [-0.1, -0.05) is 18.2 Å². The van der Waals surface area contributed by atoms with E-state index in [1.54, 1.807) is 0 Å². The number of benzene rings is 1. The molecule has 1 aromatic rings. The summed E-state index contributed by atoms with van der Waals surface area (Å²) in [6.45, 7) is -3.02. The number of alkyl halides is 6. The molecule has 0 N–H and O–H groups in total. The minimum Gasteiger partial charge on any atom is -0.480 e. The van der Waals surface area contributed by atoms with Gasteiger partial charge in [-0.05, 0) is 17.7 Å². The van der Waals surface area contributed by atoms with Crippen LogP contribution in [0.3, 0.4) is 0 Å². The average molecular weight is 387 g/mol. The molecule has 0 amide bonds. The molecule has 0 aliphatic heterocycles. The van der Waals surface area contributed by atoms with Gasteiger partial charge in [0.25, 0.3) is 0 Å². The first-order valence-corrected chi connectivity index (χ1v) is 8.88. The molecule has 1 rings (SSSR count). The Balaban J connectivity index is 2.90. The van der Waals surface area contributed by atoms with E-state index in [1.807, 2.05) is 0 Å². The fourth-order valence-corrected chi connectivity index (χ4v) is 3.56. The molecule has 0 unspecified atom stereocenters. The van der Waals surface area contributed by atoms with Crippen LogP contribution >= 0.6 is 0 Å². The fraction of sp³-hybridized carbons (Fsp3) is 0.500. The maximum absolute atomic E-state index is 12.4. The smallest absolute Gasteiger partial charge is 0.422 e. The van der Waals surface area contributed by atoms with Crippen molar-refractivity contribution in [1.82, 2.24) is 0 Å². The summed E-state index contributed by atoms with van der Waals surface area (Å²) in [7, 11) is -1.15. The van der Waals surface area contributed by atoms with Gasteiger partial charge in [0.15, 0.2) is 24.7 Å². The molecule has 140 valence electrons. The number of hydrogen-bond acceptors (Lipinski definition) is 4. The summed E-state index contributed by atoms with van der Waals surface area (Å²) < 4.78 is 83.3. The highest BCUT2D eigenvalue weighted by molar-refractivity contribution is 6.54. The van der Waals surface area contributed by atoms with E-state index in [-0.39, 0.29) is 18.0 Å². The highest BCUT2D eigenvalue weighted by Crippen LogP contribution is 2.29. The van der Waals surface area contributed by atoms with Crippen LogP contribution in [0.15, 0.2) is 23.2 Å². The number of ether oxygens (including phenoxy) is 2. The van der Waals surface area contributed by atoms with Crippen LogP contribution in [0.1, 0.15) is 6.42 Å². The zero-order chi connectivity index (χ0) is 18.9. The quantitative estimate of drug-likeness (QED) is 0.215. The molecule has 0 radical (unpaired) electrons. The Labute approximate surface area is 141 Å². The number of rotatable bonds is 9. The van der Waals surface area contributed by atoms with Gasteiger partial charge in [0, 0.05) is 0 Å². The maximum Gasteiger partial charge on any atom is 0.422 e. The third-order valence-electron chi connectivity index (χ3n) is 2.86. The van der Waals surface area contributed by atoms with Crippen molar-refractivity contribution in [3.05, 3.63) is 18.2 Å². The van der Waals surface area contributed by atoms with E-state index in [0.29, 0.717) is 17.7 Å². The van der Waals surface area contributed by atoms with Gasteiger partial charge < -0.3 is 9.47 Å². The summed E-state index contributed by atoms with van der Waals surface area (Å²) in [5.41, 5.74) is 0. The standard InChI is InChI=1S/C14H15F6NO3Si/c15-13(16,17)7-23-10-3-1-4-11(25-6-2-5-21-9-22)12(10)24-8-14(18,19)20/h1,3-4H,2,5-8,25H2. The van der Waals surface area contributed by atoms with Crippen molar-refractivity contribution >= 4 is 20.8 Å². The molecule has 0 bridgehead atoms. The predicted octanol–water partition coefficient (Wildman–Crippen LogP) is 2.51. The zero-order valence-corrected chi connectivity index (χ0v) is 14.3. The number of aliphatic imine (C=N–C) groups is 1. The van der Waals surface area contributed by atoms with Gasteiger partial charge in [-0.25, -0.2) is 9.79 Å². The summed E-state index contributed by atoms with van der Waals surface area (Å²) in [6.07, 6.45) is -7.36. The van der Waals surface area contributed by atoms with E-state index >= 15 is 0 Å². The van der Waals surface area contributed by atoms with Crippen LogP contribution in [-0.4, -0.2) is 47.7 Å².